The third kappa shape index (κ3) is 2.95. The van der Waals surface area contributed by atoms with Gasteiger partial charge in [-0.3, -0.25) is 5.10 Å². The van der Waals surface area contributed by atoms with E-state index < -0.39 is 0 Å². The molecular weight excluding hydrogens is 182 g/mol. The van der Waals surface area contributed by atoms with Crippen LogP contribution in [0, 0.1) is 13.8 Å². The molecule has 1 heterocycles. The van der Waals surface area contributed by atoms with E-state index in [1.54, 1.807) is 0 Å². The van der Waals surface area contributed by atoms with Gasteiger partial charge < -0.3 is 5.32 Å². The van der Waals surface area contributed by atoms with Crippen LogP contribution in [-0.2, 0) is 0 Å². The summed E-state index contributed by atoms with van der Waals surface area (Å²) in [5.41, 5.74) is 3.35. The van der Waals surface area contributed by atoms with Crippen LogP contribution in [0.25, 0.3) is 0 Å². The van der Waals surface area contributed by atoms with E-state index in [1.807, 2.05) is 25.6 Å². The number of aryl methyl sites for hydroxylation is 2. The zero-order valence-electron chi connectivity index (χ0n) is 8.48. The van der Waals surface area contributed by atoms with Crippen molar-refractivity contribution in [1.82, 2.24) is 10.2 Å². The van der Waals surface area contributed by atoms with E-state index in [4.69, 9.17) is 0 Å². The van der Waals surface area contributed by atoms with Crippen LogP contribution in [0.5, 0.6) is 0 Å². The molecule has 0 saturated carbocycles. The molecule has 1 aromatic heterocycles. The quantitative estimate of drug-likeness (QED) is 0.714. The molecule has 0 atom stereocenters. The van der Waals surface area contributed by atoms with Crippen LogP contribution in [-0.4, -0.2) is 28.8 Å². The fourth-order valence-corrected chi connectivity index (χ4v) is 1.67. The van der Waals surface area contributed by atoms with Gasteiger partial charge in [0.2, 0.25) is 0 Å². The van der Waals surface area contributed by atoms with Gasteiger partial charge in [0.1, 0.15) is 0 Å². The molecule has 1 rings (SSSR count). The molecule has 1 aromatic rings. The normalized spacial score (nSPS) is 10.4. The molecule has 0 unspecified atom stereocenters. The van der Waals surface area contributed by atoms with E-state index >= 15 is 0 Å². The van der Waals surface area contributed by atoms with Crippen molar-refractivity contribution in [2.75, 3.05) is 23.9 Å². The van der Waals surface area contributed by atoms with Gasteiger partial charge in [-0.2, -0.15) is 16.9 Å². The second-order valence-electron chi connectivity index (χ2n) is 3.08. The van der Waals surface area contributed by atoms with Gasteiger partial charge in [0.15, 0.2) is 0 Å². The van der Waals surface area contributed by atoms with E-state index in [1.165, 1.54) is 17.9 Å². The Labute approximate surface area is 83.7 Å². The summed E-state index contributed by atoms with van der Waals surface area (Å²) in [6, 6.07) is 0. The van der Waals surface area contributed by atoms with Gasteiger partial charge in [-0.25, -0.2) is 0 Å². The summed E-state index contributed by atoms with van der Waals surface area (Å²) < 4.78 is 0. The van der Waals surface area contributed by atoms with Crippen molar-refractivity contribution in [2.45, 2.75) is 20.3 Å². The van der Waals surface area contributed by atoms with Crippen LogP contribution < -0.4 is 5.32 Å². The zero-order valence-corrected chi connectivity index (χ0v) is 9.29. The highest BCUT2D eigenvalue weighted by Crippen LogP contribution is 2.15. The Bertz CT molecular complexity index is 238. The van der Waals surface area contributed by atoms with Crippen molar-refractivity contribution in [3.8, 4) is 0 Å². The number of hydrogen-bond donors (Lipinski definition) is 2. The summed E-state index contributed by atoms with van der Waals surface area (Å²) >= 11 is 1.88. The molecule has 13 heavy (non-hydrogen) atoms. The molecule has 0 radical (unpaired) electrons. The van der Waals surface area contributed by atoms with Gasteiger partial charge in [0.25, 0.3) is 0 Å². The maximum Gasteiger partial charge on any atom is 0.0825 e. The Hall–Kier alpha value is -0.640. The lowest BCUT2D eigenvalue weighted by Crippen LogP contribution is -2.03. The average molecular weight is 199 g/mol. The Balaban J connectivity index is 2.36. The summed E-state index contributed by atoms with van der Waals surface area (Å²) in [6.45, 7) is 5.08. The molecule has 0 saturated heterocycles. The maximum atomic E-state index is 4.12. The molecule has 2 N–H and O–H groups in total. The fourth-order valence-electron chi connectivity index (χ4n) is 1.24. The van der Waals surface area contributed by atoms with Crippen molar-refractivity contribution in [3.05, 3.63) is 11.4 Å². The molecule has 0 aliphatic heterocycles. The highest BCUT2D eigenvalue weighted by molar-refractivity contribution is 7.98. The van der Waals surface area contributed by atoms with Crippen LogP contribution in [0.4, 0.5) is 5.69 Å². The number of thioether (sulfide) groups is 1. The first-order chi connectivity index (χ1) is 6.25. The minimum absolute atomic E-state index is 1.03. The summed E-state index contributed by atoms with van der Waals surface area (Å²) in [4.78, 5) is 0. The average Bonchev–Trinajstić information content (AvgIpc) is 2.42. The Kier molecular flexibility index (Phi) is 4.15. The lowest BCUT2D eigenvalue weighted by Gasteiger charge is -2.04. The molecule has 0 aliphatic carbocycles. The summed E-state index contributed by atoms with van der Waals surface area (Å²) in [7, 11) is 0. The number of nitrogens with one attached hydrogen (secondary N) is 2. The van der Waals surface area contributed by atoms with Gasteiger partial charge in [0.05, 0.1) is 17.1 Å². The number of H-pyrrole nitrogens is 1. The SMILES string of the molecule is CSCCCNc1c(C)n[nH]c1C. The molecule has 0 spiro atoms. The van der Waals surface area contributed by atoms with Crippen LogP contribution in [0.3, 0.4) is 0 Å². The topological polar surface area (TPSA) is 40.7 Å². The number of aromatic nitrogens is 2. The molecule has 0 fully saturated rings. The second-order valence-corrected chi connectivity index (χ2v) is 4.07. The third-order valence-electron chi connectivity index (χ3n) is 1.96. The zero-order chi connectivity index (χ0) is 9.68. The van der Waals surface area contributed by atoms with Crippen molar-refractivity contribution in [2.24, 2.45) is 0 Å². The Morgan fingerprint density at radius 3 is 2.77 bits per heavy atom. The van der Waals surface area contributed by atoms with E-state index in [9.17, 15) is 0 Å². The van der Waals surface area contributed by atoms with Crippen LogP contribution in [0.15, 0.2) is 0 Å². The monoisotopic (exact) mass is 199 g/mol. The predicted molar refractivity (Wildman–Crippen MR) is 59.6 cm³/mol. The first-order valence-electron chi connectivity index (χ1n) is 4.50. The highest BCUT2D eigenvalue weighted by Gasteiger charge is 2.03. The molecule has 0 bridgehead atoms. The largest absolute Gasteiger partial charge is 0.382 e. The number of anilines is 1. The molecule has 0 aliphatic rings. The van der Waals surface area contributed by atoms with E-state index in [2.05, 4.69) is 21.8 Å². The van der Waals surface area contributed by atoms with Crippen molar-refractivity contribution in [3.63, 3.8) is 0 Å². The summed E-state index contributed by atoms with van der Waals surface area (Å²) in [5.74, 6) is 1.21. The van der Waals surface area contributed by atoms with Gasteiger partial charge in [-0.15, -0.1) is 0 Å². The van der Waals surface area contributed by atoms with E-state index in [0.717, 1.165) is 17.9 Å². The number of hydrogen-bond acceptors (Lipinski definition) is 3. The van der Waals surface area contributed by atoms with Gasteiger partial charge in [-0.05, 0) is 32.3 Å². The smallest absolute Gasteiger partial charge is 0.0825 e. The van der Waals surface area contributed by atoms with Gasteiger partial charge >= 0.3 is 0 Å². The Morgan fingerprint density at radius 2 is 2.23 bits per heavy atom. The summed E-state index contributed by atoms with van der Waals surface area (Å²) in [5, 5.41) is 10.5. The molecule has 3 nitrogen and oxygen atoms in total. The molecule has 0 amide bonds. The first-order valence-corrected chi connectivity index (χ1v) is 5.89. The molecule has 4 heteroatoms. The third-order valence-corrected chi connectivity index (χ3v) is 2.65. The number of aromatic amines is 1. The van der Waals surface area contributed by atoms with Crippen LogP contribution in [0.2, 0.25) is 0 Å². The molecule has 0 aromatic carbocycles. The van der Waals surface area contributed by atoms with Crippen molar-refractivity contribution < 1.29 is 0 Å². The minimum Gasteiger partial charge on any atom is -0.382 e. The van der Waals surface area contributed by atoms with E-state index in [-0.39, 0.29) is 0 Å². The predicted octanol–water partition coefficient (Wildman–Crippen LogP) is 2.19. The number of rotatable bonds is 5. The molecular formula is C9H17N3S. The molecule has 74 valence electrons. The minimum atomic E-state index is 1.03. The maximum absolute atomic E-state index is 4.12. The standard InChI is InChI=1S/C9H17N3S/c1-7-9(8(2)12-11-7)10-5-4-6-13-3/h10H,4-6H2,1-3H3,(H,11,12). The van der Waals surface area contributed by atoms with Crippen molar-refractivity contribution >= 4 is 17.4 Å². The summed E-state index contributed by atoms with van der Waals surface area (Å²) in [6.07, 6.45) is 3.33. The van der Waals surface area contributed by atoms with Crippen LogP contribution >= 0.6 is 11.8 Å². The van der Waals surface area contributed by atoms with Crippen LogP contribution in [0.1, 0.15) is 17.8 Å². The van der Waals surface area contributed by atoms with Gasteiger partial charge in [0, 0.05) is 6.54 Å². The number of nitrogens with zero attached hydrogens (tertiary/aromatic N) is 1. The lowest BCUT2D eigenvalue weighted by atomic mass is 10.3. The second kappa shape index (κ2) is 5.17. The first kappa shape index (κ1) is 10.4. The Morgan fingerprint density at radius 1 is 1.46 bits per heavy atom. The fraction of sp³-hybridized carbons (Fsp3) is 0.667. The van der Waals surface area contributed by atoms with Gasteiger partial charge in [-0.1, -0.05) is 0 Å². The lowest BCUT2D eigenvalue weighted by molar-refractivity contribution is 0.988. The van der Waals surface area contributed by atoms with Crippen molar-refractivity contribution in [1.29, 1.82) is 0 Å². The van der Waals surface area contributed by atoms with E-state index in [0.29, 0.717) is 0 Å². The highest BCUT2D eigenvalue weighted by atomic mass is 32.2.